The van der Waals surface area contributed by atoms with Crippen LogP contribution in [0.4, 0.5) is 5.69 Å². The second-order valence-electron chi connectivity index (χ2n) is 6.80. The van der Waals surface area contributed by atoms with Crippen LogP contribution in [0, 0.1) is 0 Å². The number of para-hydroxylation sites is 1. The van der Waals surface area contributed by atoms with Gasteiger partial charge in [-0.15, -0.1) is 29.9 Å². The molecule has 2 fully saturated rings. The summed E-state index contributed by atoms with van der Waals surface area (Å²) in [5.74, 6) is -0.0380. The normalized spacial score (nSPS) is 17.6. The summed E-state index contributed by atoms with van der Waals surface area (Å²) in [6.07, 6.45) is 3.85. The van der Waals surface area contributed by atoms with E-state index in [1.54, 1.807) is 6.20 Å². The predicted octanol–water partition coefficient (Wildman–Crippen LogP) is 2.66. The van der Waals surface area contributed by atoms with Gasteiger partial charge in [0.05, 0.1) is 22.9 Å². The van der Waals surface area contributed by atoms with E-state index >= 15 is 0 Å². The molecule has 2 aromatic rings. The third-order valence-corrected chi connectivity index (χ3v) is 5.49. The standard InChI is InChI=1S/C18H23ClN6O.2ClH/c19-15-3-1-2-4-17(15)23-9-11-24(12-10-23)18(26)16-13-25(22-21-16)14-5-7-20-8-6-14;;/h1-4,13-14,20H,5-12H2;2*1H. The summed E-state index contributed by atoms with van der Waals surface area (Å²) >= 11 is 6.28. The minimum absolute atomic E-state index is 0. The van der Waals surface area contributed by atoms with Crippen LogP contribution in [0.2, 0.25) is 5.02 Å². The summed E-state index contributed by atoms with van der Waals surface area (Å²) in [6, 6.07) is 8.16. The Balaban J connectivity index is 0.00000140. The maximum Gasteiger partial charge on any atom is 0.276 e. The number of hydrogen-bond acceptors (Lipinski definition) is 5. The molecular formula is C18H25Cl3N6O. The van der Waals surface area contributed by atoms with Gasteiger partial charge in [0.2, 0.25) is 0 Å². The number of rotatable bonds is 3. The summed E-state index contributed by atoms with van der Waals surface area (Å²) in [4.78, 5) is 16.8. The zero-order valence-corrected chi connectivity index (χ0v) is 17.8. The first kappa shape index (κ1) is 22.7. The number of piperazine rings is 1. The summed E-state index contributed by atoms with van der Waals surface area (Å²) in [5, 5.41) is 12.4. The van der Waals surface area contributed by atoms with E-state index in [1.807, 2.05) is 33.8 Å². The monoisotopic (exact) mass is 446 g/mol. The largest absolute Gasteiger partial charge is 0.367 e. The van der Waals surface area contributed by atoms with Gasteiger partial charge < -0.3 is 15.1 Å². The second kappa shape index (κ2) is 10.3. The van der Waals surface area contributed by atoms with Gasteiger partial charge in [-0.3, -0.25) is 4.79 Å². The molecule has 1 N–H and O–H groups in total. The van der Waals surface area contributed by atoms with Gasteiger partial charge in [0.25, 0.3) is 5.91 Å². The molecule has 3 heterocycles. The van der Waals surface area contributed by atoms with Crippen LogP contribution in [-0.4, -0.2) is 65.1 Å². The number of nitrogens with one attached hydrogen (secondary N) is 1. The molecule has 0 unspecified atom stereocenters. The molecule has 1 amide bonds. The molecule has 0 radical (unpaired) electrons. The van der Waals surface area contributed by atoms with Gasteiger partial charge in [-0.2, -0.15) is 0 Å². The summed E-state index contributed by atoms with van der Waals surface area (Å²) < 4.78 is 1.86. The lowest BCUT2D eigenvalue weighted by Gasteiger charge is -2.36. The van der Waals surface area contributed by atoms with E-state index in [0.717, 1.165) is 49.7 Å². The van der Waals surface area contributed by atoms with Crippen molar-refractivity contribution >= 4 is 48.0 Å². The van der Waals surface area contributed by atoms with Crippen molar-refractivity contribution in [3.05, 3.63) is 41.2 Å². The number of benzene rings is 1. The van der Waals surface area contributed by atoms with Crippen molar-refractivity contribution in [2.75, 3.05) is 44.2 Å². The minimum atomic E-state index is -0.0380. The lowest BCUT2D eigenvalue weighted by Crippen LogP contribution is -2.49. The molecule has 154 valence electrons. The first-order valence-electron chi connectivity index (χ1n) is 9.13. The molecule has 2 aliphatic rings. The average molecular weight is 448 g/mol. The second-order valence-corrected chi connectivity index (χ2v) is 7.20. The van der Waals surface area contributed by atoms with Gasteiger partial charge in [0.1, 0.15) is 0 Å². The first-order valence-corrected chi connectivity index (χ1v) is 9.51. The molecule has 2 saturated heterocycles. The van der Waals surface area contributed by atoms with E-state index in [2.05, 4.69) is 20.5 Å². The third kappa shape index (κ3) is 4.89. The number of piperidine rings is 1. The van der Waals surface area contributed by atoms with E-state index in [9.17, 15) is 4.79 Å². The molecule has 0 atom stereocenters. The van der Waals surface area contributed by atoms with Crippen LogP contribution >= 0.6 is 36.4 Å². The number of anilines is 1. The zero-order chi connectivity index (χ0) is 17.9. The van der Waals surface area contributed by atoms with Crippen LogP contribution < -0.4 is 10.2 Å². The maximum absolute atomic E-state index is 12.8. The molecule has 7 nitrogen and oxygen atoms in total. The molecular weight excluding hydrogens is 423 g/mol. The molecule has 1 aromatic heterocycles. The Morgan fingerprint density at radius 2 is 1.75 bits per heavy atom. The van der Waals surface area contributed by atoms with Crippen molar-refractivity contribution in [3.63, 3.8) is 0 Å². The first-order chi connectivity index (χ1) is 12.7. The third-order valence-electron chi connectivity index (χ3n) is 5.17. The molecule has 0 spiro atoms. The zero-order valence-electron chi connectivity index (χ0n) is 15.5. The fraction of sp³-hybridized carbons (Fsp3) is 0.500. The smallest absolute Gasteiger partial charge is 0.276 e. The van der Waals surface area contributed by atoms with E-state index in [0.29, 0.717) is 24.8 Å². The number of halogens is 3. The number of aromatic nitrogens is 3. The van der Waals surface area contributed by atoms with Crippen molar-refractivity contribution < 1.29 is 4.79 Å². The Morgan fingerprint density at radius 1 is 1.07 bits per heavy atom. The molecule has 1 aromatic carbocycles. The Kier molecular flexibility index (Phi) is 8.37. The highest BCUT2D eigenvalue weighted by Crippen LogP contribution is 2.26. The van der Waals surface area contributed by atoms with Gasteiger partial charge in [-0.05, 0) is 38.1 Å². The van der Waals surface area contributed by atoms with E-state index in [-0.39, 0.29) is 30.7 Å². The predicted molar refractivity (Wildman–Crippen MR) is 115 cm³/mol. The van der Waals surface area contributed by atoms with Crippen molar-refractivity contribution in [2.24, 2.45) is 0 Å². The minimum Gasteiger partial charge on any atom is -0.367 e. The maximum atomic E-state index is 12.8. The summed E-state index contributed by atoms with van der Waals surface area (Å²) in [6.45, 7) is 4.81. The lowest BCUT2D eigenvalue weighted by molar-refractivity contribution is 0.0740. The van der Waals surface area contributed by atoms with Crippen LogP contribution in [0.3, 0.4) is 0 Å². The Hall–Kier alpha value is -1.54. The molecule has 10 heteroatoms. The van der Waals surface area contributed by atoms with Crippen molar-refractivity contribution in [3.8, 4) is 0 Å². The highest BCUT2D eigenvalue weighted by atomic mass is 35.5. The van der Waals surface area contributed by atoms with Gasteiger partial charge in [0, 0.05) is 26.2 Å². The quantitative estimate of drug-likeness (QED) is 0.783. The van der Waals surface area contributed by atoms with Crippen molar-refractivity contribution in [1.29, 1.82) is 0 Å². The number of hydrogen-bond donors (Lipinski definition) is 1. The van der Waals surface area contributed by atoms with Gasteiger partial charge in [-0.1, -0.05) is 28.9 Å². The highest BCUT2D eigenvalue weighted by molar-refractivity contribution is 6.33. The summed E-state index contributed by atoms with van der Waals surface area (Å²) in [7, 11) is 0. The Morgan fingerprint density at radius 3 is 2.43 bits per heavy atom. The number of carbonyl (C=O) groups excluding carboxylic acids is 1. The molecule has 28 heavy (non-hydrogen) atoms. The highest BCUT2D eigenvalue weighted by Gasteiger charge is 2.26. The van der Waals surface area contributed by atoms with E-state index in [4.69, 9.17) is 11.6 Å². The van der Waals surface area contributed by atoms with Gasteiger partial charge in [0.15, 0.2) is 5.69 Å². The van der Waals surface area contributed by atoms with Crippen LogP contribution in [0.15, 0.2) is 30.5 Å². The van der Waals surface area contributed by atoms with Crippen molar-refractivity contribution in [1.82, 2.24) is 25.2 Å². The number of carbonyl (C=O) groups is 1. The van der Waals surface area contributed by atoms with Gasteiger partial charge >= 0.3 is 0 Å². The topological polar surface area (TPSA) is 66.3 Å². The van der Waals surface area contributed by atoms with Crippen LogP contribution in [0.5, 0.6) is 0 Å². The van der Waals surface area contributed by atoms with Crippen LogP contribution in [-0.2, 0) is 0 Å². The number of amides is 1. The molecule has 4 rings (SSSR count). The fourth-order valence-corrected chi connectivity index (χ4v) is 3.90. The van der Waals surface area contributed by atoms with E-state index < -0.39 is 0 Å². The Bertz CT molecular complexity index is 772. The SMILES string of the molecule is Cl.Cl.O=C(c1cn(C2CCNCC2)nn1)N1CCN(c2ccccc2Cl)CC1. The molecule has 0 saturated carbocycles. The molecule has 0 bridgehead atoms. The summed E-state index contributed by atoms with van der Waals surface area (Å²) in [5.41, 5.74) is 1.47. The average Bonchev–Trinajstić information content (AvgIpc) is 3.19. The van der Waals surface area contributed by atoms with Crippen LogP contribution in [0.25, 0.3) is 0 Å². The van der Waals surface area contributed by atoms with Crippen LogP contribution in [0.1, 0.15) is 29.4 Å². The molecule has 0 aliphatic carbocycles. The van der Waals surface area contributed by atoms with Gasteiger partial charge in [-0.25, -0.2) is 4.68 Å². The van der Waals surface area contributed by atoms with Crippen molar-refractivity contribution in [2.45, 2.75) is 18.9 Å². The fourth-order valence-electron chi connectivity index (χ4n) is 3.65. The lowest BCUT2D eigenvalue weighted by atomic mass is 10.1. The Labute approximate surface area is 182 Å². The molecule has 2 aliphatic heterocycles. The number of nitrogens with zero attached hydrogens (tertiary/aromatic N) is 5. The van der Waals surface area contributed by atoms with E-state index in [1.165, 1.54) is 0 Å².